The topological polar surface area (TPSA) is 144 Å². The Bertz CT molecular complexity index is 695. The Morgan fingerprint density at radius 2 is 2.20 bits per heavy atom. The van der Waals surface area contributed by atoms with Crippen LogP contribution in [0.3, 0.4) is 0 Å². The van der Waals surface area contributed by atoms with Crippen molar-refractivity contribution in [2.75, 3.05) is 12.8 Å². The Labute approximate surface area is 112 Å². The molecule has 0 atom stereocenters. The molecule has 9 heteroatoms. The third kappa shape index (κ3) is 2.71. The molecule has 2 aromatic rings. The SMILES string of the molecule is COc1ccc(-c2nc(N)c(CC(=O)O)c(=O)[nH]2)nn1. The van der Waals surface area contributed by atoms with Crippen molar-refractivity contribution >= 4 is 11.8 Å². The second-order valence-electron chi connectivity index (χ2n) is 3.81. The number of aromatic amines is 1. The molecule has 2 aromatic heterocycles. The van der Waals surface area contributed by atoms with Gasteiger partial charge in [-0.2, -0.15) is 0 Å². The highest BCUT2D eigenvalue weighted by Crippen LogP contribution is 2.14. The zero-order valence-electron chi connectivity index (χ0n) is 10.5. The van der Waals surface area contributed by atoms with Gasteiger partial charge in [0.1, 0.15) is 11.5 Å². The number of carboxylic acids is 1. The van der Waals surface area contributed by atoms with Gasteiger partial charge in [-0.25, -0.2) is 4.98 Å². The van der Waals surface area contributed by atoms with Crippen molar-refractivity contribution in [1.29, 1.82) is 0 Å². The van der Waals surface area contributed by atoms with Crippen molar-refractivity contribution in [1.82, 2.24) is 20.2 Å². The van der Waals surface area contributed by atoms with E-state index < -0.39 is 17.9 Å². The number of anilines is 1. The molecule has 0 bridgehead atoms. The lowest BCUT2D eigenvalue weighted by Gasteiger charge is -2.05. The maximum absolute atomic E-state index is 11.8. The summed E-state index contributed by atoms with van der Waals surface area (Å²) in [5.74, 6) is -0.895. The van der Waals surface area contributed by atoms with E-state index in [1.54, 1.807) is 12.1 Å². The molecular formula is C11H11N5O4. The lowest BCUT2D eigenvalue weighted by Crippen LogP contribution is -2.21. The van der Waals surface area contributed by atoms with Crippen LogP contribution >= 0.6 is 0 Å². The molecule has 2 heterocycles. The number of nitrogen functional groups attached to an aromatic ring is 1. The predicted molar refractivity (Wildman–Crippen MR) is 68.2 cm³/mol. The van der Waals surface area contributed by atoms with Gasteiger partial charge in [0.2, 0.25) is 5.88 Å². The molecule has 20 heavy (non-hydrogen) atoms. The normalized spacial score (nSPS) is 10.2. The maximum atomic E-state index is 11.8. The first-order chi connectivity index (χ1) is 9.51. The number of hydrogen-bond donors (Lipinski definition) is 3. The molecule has 0 aliphatic rings. The van der Waals surface area contributed by atoms with Crippen LogP contribution in [-0.2, 0) is 11.2 Å². The van der Waals surface area contributed by atoms with Crippen LogP contribution in [-0.4, -0.2) is 38.4 Å². The molecule has 0 amide bonds. The molecule has 0 aromatic carbocycles. The Morgan fingerprint density at radius 1 is 1.45 bits per heavy atom. The molecule has 0 saturated carbocycles. The third-order valence-electron chi connectivity index (χ3n) is 2.47. The number of ether oxygens (including phenoxy) is 1. The number of H-pyrrole nitrogens is 1. The molecule has 0 saturated heterocycles. The van der Waals surface area contributed by atoms with Gasteiger partial charge in [0.05, 0.1) is 19.1 Å². The Kier molecular flexibility index (Phi) is 3.60. The highest BCUT2D eigenvalue weighted by Gasteiger charge is 2.14. The van der Waals surface area contributed by atoms with Crippen LogP contribution in [0.25, 0.3) is 11.5 Å². The number of nitrogens with two attached hydrogens (primary N) is 1. The van der Waals surface area contributed by atoms with E-state index in [1.807, 2.05) is 0 Å². The van der Waals surface area contributed by atoms with Gasteiger partial charge >= 0.3 is 5.97 Å². The molecule has 0 aliphatic carbocycles. The van der Waals surface area contributed by atoms with Gasteiger partial charge < -0.3 is 20.6 Å². The number of rotatable bonds is 4. The summed E-state index contributed by atoms with van der Waals surface area (Å²) < 4.78 is 4.86. The second-order valence-corrected chi connectivity index (χ2v) is 3.81. The summed E-state index contributed by atoms with van der Waals surface area (Å²) in [7, 11) is 1.45. The van der Waals surface area contributed by atoms with Gasteiger partial charge in [-0.3, -0.25) is 9.59 Å². The highest BCUT2D eigenvalue weighted by atomic mass is 16.5. The van der Waals surface area contributed by atoms with Crippen LogP contribution in [0.1, 0.15) is 5.56 Å². The molecule has 0 spiro atoms. The van der Waals surface area contributed by atoms with Crippen molar-refractivity contribution in [2.45, 2.75) is 6.42 Å². The quantitative estimate of drug-likeness (QED) is 0.674. The minimum absolute atomic E-state index is 0.0947. The summed E-state index contributed by atoms with van der Waals surface area (Å²) in [5.41, 5.74) is 5.17. The van der Waals surface area contributed by atoms with Crippen LogP contribution < -0.4 is 16.0 Å². The molecule has 0 radical (unpaired) electrons. The number of methoxy groups -OCH3 is 1. The summed E-state index contributed by atoms with van der Waals surface area (Å²) in [6.07, 6.45) is -0.497. The van der Waals surface area contributed by atoms with Crippen LogP contribution in [0.4, 0.5) is 5.82 Å². The van der Waals surface area contributed by atoms with E-state index in [0.29, 0.717) is 5.88 Å². The fraction of sp³-hybridized carbons (Fsp3) is 0.182. The van der Waals surface area contributed by atoms with E-state index in [4.69, 9.17) is 15.6 Å². The summed E-state index contributed by atoms with van der Waals surface area (Å²) >= 11 is 0. The van der Waals surface area contributed by atoms with Crippen LogP contribution in [0.15, 0.2) is 16.9 Å². The van der Waals surface area contributed by atoms with Gasteiger partial charge in [-0.15, -0.1) is 10.2 Å². The van der Waals surface area contributed by atoms with E-state index in [-0.39, 0.29) is 22.9 Å². The molecule has 0 aliphatic heterocycles. The van der Waals surface area contributed by atoms with Crippen molar-refractivity contribution in [3.05, 3.63) is 28.0 Å². The molecule has 2 rings (SSSR count). The fourth-order valence-electron chi connectivity index (χ4n) is 1.51. The van der Waals surface area contributed by atoms with E-state index in [9.17, 15) is 9.59 Å². The minimum atomic E-state index is -1.17. The number of carbonyl (C=O) groups is 1. The van der Waals surface area contributed by atoms with Gasteiger partial charge in [0, 0.05) is 6.07 Å². The molecule has 104 valence electrons. The Hall–Kier alpha value is -2.97. The number of aromatic nitrogens is 4. The van der Waals surface area contributed by atoms with Crippen LogP contribution in [0, 0.1) is 0 Å². The highest BCUT2D eigenvalue weighted by molar-refractivity contribution is 5.72. The van der Waals surface area contributed by atoms with Crippen molar-refractivity contribution in [2.24, 2.45) is 0 Å². The lowest BCUT2D eigenvalue weighted by molar-refractivity contribution is -0.136. The first kappa shape index (κ1) is 13.5. The summed E-state index contributed by atoms with van der Waals surface area (Å²) in [6.45, 7) is 0. The fourth-order valence-corrected chi connectivity index (χ4v) is 1.51. The van der Waals surface area contributed by atoms with Crippen LogP contribution in [0.5, 0.6) is 5.88 Å². The average molecular weight is 277 g/mol. The van der Waals surface area contributed by atoms with E-state index in [0.717, 1.165) is 0 Å². The number of nitrogens with one attached hydrogen (secondary N) is 1. The summed E-state index contributed by atoms with van der Waals surface area (Å²) in [4.78, 5) is 28.8. The monoisotopic (exact) mass is 277 g/mol. The molecule has 9 nitrogen and oxygen atoms in total. The molecule has 0 unspecified atom stereocenters. The number of aliphatic carboxylic acids is 1. The second kappa shape index (κ2) is 5.34. The Morgan fingerprint density at radius 3 is 2.70 bits per heavy atom. The van der Waals surface area contributed by atoms with Crippen molar-refractivity contribution in [3.63, 3.8) is 0 Å². The zero-order valence-corrected chi connectivity index (χ0v) is 10.5. The van der Waals surface area contributed by atoms with E-state index in [1.165, 1.54) is 7.11 Å². The largest absolute Gasteiger partial charge is 0.481 e. The van der Waals surface area contributed by atoms with Gasteiger partial charge in [-0.05, 0) is 6.07 Å². The lowest BCUT2D eigenvalue weighted by atomic mass is 10.2. The van der Waals surface area contributed by atoms with E-state index in [2.05, 4.69) is 20.2 Å². The zero-order chi connectivity index (χ0) is 14.7. The van der Waals surface area contributed by atoms with Crippen molar-refractivity contribution in [3.8, 4) is 17.4 Å². The minimum Gasteiger partial charge on any atom is -0.481 e. The van der Waals surface area contributed by atoms with Gasteiger partial charge in [-0.1, -0.05) is 0 Å². The molecule has 0 fully saturated rings. The standard InChI is InChI=1S/C11H11N5O4/c1-20-7-3-2-6(15-16-7)10-13-9(12)5(4-8(17)18)11(19)14-10/h2-3H,4H2,1H3,(H,17,18)(H3,12,13,14,19). The number of carboxylic acid groups (broad SMARTS) is 1. The summed E-state index contributed by atoms with van der Waals surface area (Å²) in [5, 5.41) is 16.2. The molecular weight excluding hydrogens is 266 g/mol. The Balaban J connectivity index is 2.43. The smallest absolute Gasteiger partial charge is 0.308 e. The van der Waals surface area contributed by atoms with Crippen LogP contribution in [0.2, 0.25) is 0 Å². The third-order valence-corrected chi connectivity index (χ3v) is 2.47. The maximum Gasteiger partial charge on any atom is 0.308 e. The summed E-state index contributed by atoms with van der Waals surface area (Å²) in [6, 6.07) is 3.09. The van der Waals surface area contributed by atoms with Gasteiger partial charge in [0.25, 0.3) is 5.56 Å². The first-order valence-corrected chi connectivity index (χ1v) is 5.50. The number of nitrogens with zero attached hydrogens (tertiary/aromatic N) is 3. The van der Waals surface area contributed by atoms with Crippen molar-refractivity contribution < 1.29 is 14.6 Å². The van der Waals surface area contributed by atoms with Gasteiger partial charge in [0.15, 0.2) is 5.82 Å². The number of hydrogen-bond acceptors (Lipinski definition) is 7. The first-order valence-electron chi connectivity index (χ1n) is 5.50. The average Bonchev–Trinajstić information content (AvgIpc) is 2.42. The predicted octanol–water partition coefficient (Wildman–Crippen LogP) is -0.555. The molecule has 4 N–H and O–H groups in total. The van der Waals surface area contributed by atoms with E-state index >= 15 is 0 Å².